The second-order valence-corrected chi connectivity index (χ2v) is 5.84. The number of rotatable bonds is 6. The molecule has 2 heterocycles. The number of aromatic nitrogens is 2. The summed E-state index contributed by atoms with van der Waals surface area (Å²) in [5.74, 6) is 2.14. The molecule has 0 bridgehead atoms. The van der Waals surface area contributed by atoms with Crippen molar-refractivity contribution in [3.63, 3.8) is 0 Å². The second-order valence-electron chi connectivity index (χ2n) is 5.84. The van der Waals surface area contributed by atoms with E-state index in [0.29, 0.717) is 18.4 Å². The van der Waals surface area contributed by atoms with Gasteiger partial charge in [-0.1, -0.05) is 25.4 Å². The summed E-state index contributed by atoms with van der Waals surface area (Å²) in [4.78, 5) is 6.70. The summed E-state index contributed by atoms with van der Waals surface area (Å²) in [7, 11) is 0. The summed E-state index contributed by atoms with van der Waals surface area (Å²) in [5, 5.41) is 13.4. The van der Waals surface area contributed by atoms with Gasteiger partial charge in [0.1, 0.15) is 0 Å². The third kappa shape index (κ3) is 4.28. The Morgan fingerprint density at radius 1 is 1.42 bits per heavy atom. The van der Waals surface area contributed by atoms with Crippen molar-refractivity contribution in [2.45, 2.75) is 58.5 Å². The lowest BCUT2D eigenvalue weighted by Crippen LogP contribution is -2.41. The molecule has 1 N–H and O–H groups in total. The molecule has 2 rings (SSSR count). The molecule has 108 valence electrons. The number of aliphatic hydroxyl groups excluding tert-OH is 1. The Hall–Kier alpha value is -0.940. The number of piperidine rings is 1. The molecular formula is C14H25N3O2. The molecule has 0 unspecified atom stereocenters. The molecule has 19 heavy (non-hydrogen) atoms. The summed E-state index contributed by atoms with van der Waals surface area (Å²) in [6.07, 6.45) is 5.41. The highest BCUT2D eigenvalue weighted by molar-refractivity contribution is 4.89. The molecule has 1 atom stereocenters. The van der Waals surface area contributed by atoms with E-state index >= 15 is 0 Å². The molecule has 0 spiro atoms. The quantitative estimate of drug-likeness (QED) is 0.854. The summed E-state index contributed by atoms with van der Waals surface area (Å²) in [6.45, 7) is 6.28. The van der Waals surface area contributed by atoms with Crippen LogP contribution in [0.2, 0.25) is 0 Å². The van der Waals surface area contributed by atoms with Gasteiger partial charge < -0.3 is 9.63 Å². The van der Waals surface area contributed by atoms with E-state index in [1.54, 1.807) is 0 Å². The van der Waals surface area contributed by atoms with Gasteiger partial charge in [-0.3, -0.25) is 4.90 Å². The van der Waals surface area contributed by atoms with Gasteiger partial charge in [0.15, 0.2) is 5.82 Å². The zero-order valence-electron chi connectivity index (χ0n) is 12.0. The van der Waals surface area contributed by atoms with Gasteiger partial charge in [-0.15, -0.1) is 0 Å². The van der Waals surface area contributed by atoms with Crippen LogP contribution >= 0.6 is 0 Å². The number of nitrogens with zero attached hydrogens (tertiary/aromatic N) is 3. The molecule has 0 radical (unpaired) electrons. The molecule has 1 aromatic rings. The van der Waals surface area contributed by atoms with E-state index in [2.05, 4.69) is 28.9 Å². The first-order chi connectivity index (χ1) is 9.19. The highest BCUT2D eigenvalue weighted by Crippen LogP contribution is 2.19. The lowest BCUT2D eigenvalue weighted by Gasteiger charge is -2.33. The van der Waals surface area contributed by atoms with Crippen LogP contribution in [0.25, 0.3) is 0 Å². The van der Waals surface area contributed by atoms with Crippen molar-refractivity contribution in [1.82, 2.24) is 15.0 Å². The molecule has 0 saturated carbocycles. The van der Waals surface area contributed by atoms with Gasteiger partial charge in [0.2, 0.25) is 5.89 Å². The van der Waals surface area contributed by atoms with Crippen molar-refractivity contribution in [3.8, 4) is 0 Å². The molecule has 5 heteroatoms. The molecule has 1 aliphatic heterocycles. The van der Waals surface area contributed by atoms with Crippen molar-refractivity contribution in [3.05, 3.63) is 11.7 Å². The second kappa shape index (κ2) is 7.01. The maximum absolute atomic E-state index is 9.38. The van der Waals surface area contributed by atoms with Crippen LogP contribution < -0.4 is 0 Å². The Labute approximate surface area is 115 Å². The van der Waals surface area contributed by atoms with Gasteiger partial charge in [0.05, 0.1) is 13.2 Å². The maximum atomic E-state index is 9.38. The van der Waals surface area contributed by atoms with Gasteiger partial charge in [0, 0.05) is 12.5 Å². The van der Waals surface area contributed by atoms with E-state index in [9.17, 15) is 5.11 Å². The fourth-order valence-electron chi connectivity index (χ4n) is 2.52. The predicted octanol–water partition coefficient (Wildman–Crippen LogP) is 2.01. The average Bonchev–Trinajstić information content (AvgIpc) is 2.85. The Morgan fingerprint density at radius 2 is 2.26 bits per heavy atom. The summed E-state index contributed by atoms with van der Waals surface area (Å²) >= 11 is 0. The first-order valence-corrected chi connectivity index (χ1v) is 7.35. The molecule has 5 nitrogen and oxygen atoms in total. The number of aliphatic hydroxyl groups is 1. The van der Waals surface area contributed by atoms with Gasteiger partial charge in [-0.25, -0.2) is 0 Å². The molecular weight excluding hydrogens is 242 g/mol. The fraction of sp³-hybridized carbons (Fsp3) is 0.857. The lowest BCUT2D eigenvalue weighted by atomic mass is 10.0. The van der Waals surface area contributed by atoms with Crippen LogP contribution in [-0.4, -0.2) is 39.3 Å². The van der Waals surface area contributed by atoms with E-state index in [1.807, 2.05) is 0 Å². The molecule has 1 saturated heterocycles. The van der Waals surface area contributed by atoms with Crippen LogP contribution in [0.4, 0.5) is 0 Å². The third-order valence-electron chi connectivity index (χ3n) is 3.75. The largest absolute Gasteiger partial charge is 0.395 e. The Morgan fingerprint density at radius 3 is 3.00 bits per heavy atom. The zero-order valence-corrected chi connectivity index (χ0v) is 12.0. The minimum absolute atomic E-state index is 0.217. The summed E-state index contributed by atoms with van der Waals surface area (Å²) in [6, 6.07) is 0.250. The highest BCUT2D eigenvalue weighted by atomic mass is 16.5. The van der Waals surface area contributed by atoms with E-state index in [-0.39, 0.29) is 12.6 Å². The lowest BCUT2D eigenvalue weighted by molar-refractivity contribution is 0.0749. The van der Waals surface area contributed by atoms with Gasteiger partial charge in [-0.05, 0) is 31.7 Å². The van der Waals surface area contributed by atoms with Gasteiger partial charge >= 0.3 is 0 Å². The Balaban J connectivity index is 1.88. The molecule has 0 amide bonds. The fourth-order valence-corrected chi connectivity index (χ4v) is 2.52. The minimum atomic E-state index is 0.217. The van der Waals surface area contributed by atoms with E-state index in [1.165, 1.54) is 12.8 Å². The van der Waals surface area contributed by atoms with E-state index < -0.39 is 0 Å². The number of hydrogen-bond acceptors (Lipinski definition) is 5. The average molecular weight is 267 g/mol. The van der Waals surface area contributed by atoms with Crippen molar-refractivity contribution < 1.29 is 9.63 Å². The van der Waals surface area contributed by atoms with Crippen LogP contribution in [0.3, 0.4) is 0 Å². The Kier molecular flexibility index (Phi) is 5.34. The van der Waals surface area contributed by atoms with Crippen LogP contribution in [0.15, 0.2) is 4.52 Å². The molecule has 0 aromatic carbocycles. The smallest absolute Gasteiger partial charge is 0.240 e. The van der Waals surface area contributed by atoms with Crippen LogP contribution in [0, 0.1) is 5.92 Å². The van der Waals surface area contributed by atoms with Gasteiger partial charge in [-0.2, -0.15) is 4.98 Å². The van der Waals surface area contributed by atoms with Crippen molar-refractivity contribution in [2.75, 3.05) is 13.2 Å². The van der Waals surface area contributed by atoms with Crippen LogP contribution in [0.5, 0.6) is 0 Å². The topological polar surface area (TPSA) is 62.4 Å². The first kappa shape index (κ1) is 14.5. The normalized spacial score (nSPS) is 21.2. The highest BCUT2D eigenvalue weighted by Gasteiger charge is 2.23. The van der Waals surface area contributed by atoms with E-state index in [4.69, 9.17) is 4.52 Å². The number of aryl methyl sites for hydroxylation is 1. The summed E-state index contributed by atoms with van der Waals surface area (Å²) in [5.41, 5.74) is 0. The maximum Gasteiger partial charge on any atom is 0.240 e. The van der Waals surface area contributed by atoms with Crippen molar-refractivity contribution >= 4 is 0 Å². The van der Waals surface area contributed by atoms with Crippen molar-refractivity contribution in [2.24, 2.45) is 5.92 Å². The Bertz CT molecular complexity index is 379. The molecule has 1 aromatic heterocycles. The summed E-state index contributed by atoms with van der Waals surface area (Å²) < 4.78 is 5.31. The van der Waals surface area contributed by atoms with E-state index in [0.717, 1.165) is 31.6 Å². The molecule has 0 aliphatic carbocycles. The van der Waals surface area contributed by atoms with Crippen LogP contribution in [-0.2, 0) is 13.0 Å². The van der Waals surface area contributed by atoms with Crippen LogP contribution in [0.1, 0.15) is 51.2 Å². The SMILES string of the molecule is CC(C)CCc1noc(CN2CCCC[C@@H]2CO)n1. The zero-order chi connectivity index (χ0) is 13.7. The standard InChI is InChI=1S/C14H25N3O2/c1-11(2)6-7-13-15-14(19-16-13)9-17-8-4-3-5-12(17)10-18/h11-12,18H,3-10H2,1-2H3/t12-/m1/s1. The first-order valence-electron chi connectivity index (χ1n) is 7.35. The predicted molar refractivity (Wildman–Crippen MR) is 72.6 cm³/mol. The molecule has 1 fully saturated rings. The minimum Gasteiger partial charge on any atom is -0.395 e. The third-order valence-corrected chi connectivity index (χ3v) is 3.75. The van der Waals surface area contributed by atoms with Crippen molar-refractivity contribution in [1.29, 1.82) is 0 Å². The number of hydrogen-bond donors (Lipinski definition) is 1. The van der Waals surface area contributed by atoms with Gasteiger partial charge in [0.25, 0.3) is 0 Å². The number of likely N-dealkylation sites (tertiary alicyclic amines) is 1. The monoisotopic (exact) mass is 267 g/mol. The molecule has 1 aliphatic rings.